The molecule has 2 unspecified atom stereocenters. The Hall–Kier alpha value is -4.72. The standard InChI is InChI=1S/C24H22F2N8O4/c25-21-9-15(33-13-17(37-23(33)35)11-31-7-5-27-29-31)1-3-19(21)20-4-2-16(10-22(20)26)34-14-18(38-24(34)36)12-32-8-6-28-30-32/h1-10,17-18,27,29H,11-14H2. The fourth-order valence-corrected chi connectivity index (χ4v) is 4.58. The molecule has 0 saturated carbocycles. The van der Waals surface area contributed by atoms with Crippen molar-refractivity contribution in [3.8, 4) is 11.1 Å². The van der Waals surface area contributed by atoms with E-state index >= 15 is 8.78 Å². The zero-order valence-electron chi connectivity index (χ0n) is 19.8. The molecule has 3 aliphatic rings. The van der Waals surface area contributed by atoms with Gasteiger partial charge in [-0.3, -0.25) is 14.8 Å². The maximum atomic E-state index is 15.1. The first-order chi connectivity index (χ1) is 18.4. The summed E-state index contributed by atoms with van der Waals surface area (Å²) in [6, 6.07) is 8.23. The summed E-state index contributed by atoms with van der Waals surface area (Å²) in [6.07, 6.45) is 4.52. The van der Waals surface area contributed by atoms with Crippen LogP contribution in [0.3, 0.4) is 0 Å². The highest BCUT2D eigenvalue weighted by Crippen LogP contribution is 2.33. The van der Waals surface area contributed by atoms with Gasteiger partial charge in [-0.05, 0) is 36.4 Å². The zero-order valence-corrected chi connectivity index (χ0v) is 19.8. The maximum Gasteiger partial charge on any atom is 0.414 e. The first-order valence-electron chi connectivity index (χ1n) is 11.8. The van der Waals surface area contributed by atoms with Crippen LogP contribution in [0.2, 0.25) is 0 Å². The predicted molar refractivity (Wildman–Crippen MR) is 129 cm³/mol. The van der Waals surface area contributed by atoms with Crippen LogP contribution in [0.15, 0.2) is 61.2 Å². The monoisotopic (exact) mass is 524 g/mol. The van der Waals surface area contributed by atoms with Crippen LogP contribution in [-0.4, -0.2) is 64.0 Å². The summed E-state index contributed by atoms with van der Waals surface area (Å²) in [7, 11) is 0. The summed E-state index contributed by atoms with van der Waals surface area (Å²) in [5, 5.41) is 9.29. The normalized spacial score (nSPS) is 20.7. The topological polar surface area (TPSA) is 117 Å². The molecule has 38 heavy (non-hydrogen) atoms. The van der Waals surface area contributed by atoms with Crippen molar-refractivity contribution in [1.29, 1.82) is 0 Å². The van der Waals surface area contributed by atoms with E-state index in [1.165, 1.54) is 52.4 Å². The number of hydrazine groups is 2. The van der Waals surface area contributed by atoms with Gasteiger partial charge in [0.15, 0.2) is 0 Å². The minimum atomic E-state index is -0.706. The molecule has 2 N–H and O–H groups in total. The number of carbonyl (C=O) groups excluding carboxylic acids is 2. The number of ether oxygens (including phenoxy) is 2. The van der Waals surface area contributed by atoms with E-state index < -0.39 is 36.0 Å². The summed E-state index contributed by atoms with van der Waals surface area (Å²) in [4.78, 5) is 27.4. The van der Waals surface area contributed by atoms with Crippen LogP contribution in [-0.2, 0) is 16.0 Å². The lowest BCUT2D eigenvalue weighted by atomic mass is 10.0. The van der Waals surface area contributed by atoms with Crippen molar-refractivity contribution in [3.63, 3.8) is 0 Å². The van der Waals surface area contributed by atoms with E-state index in [0.717, 1.165) is 0 Å². The van der Waals surface area contributed by atoms with Gasteiger partial charge < -0.3 is 14.9 Å². The average Bonchev–Trinajstić information content (AvgIpc) is 3.70. The molecule has 0 bridgehead atoms. The molecule has 2 amide bonds. The van der Waals surface area contributed by atoms with Gasteiger partial charge in [-0.25, -0.2) is 23.1 Å². The van der Waals surface area contributed by atoms with Gasteiger partial charge in [0.2, 0.25) is 0 Å². The molecule has 2 saturated heterocycles. The van der Waals surface area contributed by atoms with Crippen molar-refractivity contribution < 1.29 is 27.8 Å². The molecule has 3 aliphatic heterocycles. The second-order valence-corrected chi connectivity index (χ2v) is 8.91. The Labute approximate surface area is 214 Å². The molecule has 14 heteroatoms. The number of halogens is 2. The average molecular weight is 524 g/mol. The largest absolute Gasteiger partial charge is 0.442 e. The van der Waals surface area contributed by atoms with Crippen molar-refractivity contribution in [3.05, 3.63) is 72.8 Å². The smallest absolute Gasteiger partial charge is 0.414 e. The molecule has 0 radical (unpaired) electrons. The number of nitrogens with zero attached hydrogens (tertiary/aromatic N) is 6. The number of amides is 2. The number of anilines is 2. The van der Waals surface area contributed by atoms with Gasteiger partial charge in [-0.1, -0.05) is 5.21 Å². The van der Waals surface area contributed by atoms with E-state index in [1.807, 2.05) is 0 Å². The lowest BCUT2D eigenvalue weighted by Crippen LogP contribution is -2.41. The van der Waals surface area contributed by atoms with E-state index in [0.29, 0.717) is 18.8 Å². The van der Waals surface area contributed by atoms with E-state index in [4.69, 9.17) is 9.47 Å². The van der Waals surface area contributed by atoms with Gasteiger partial charge >= 0.3 is 12.2 Å². The summed E-state index contributed by atoms with van der Waals surface area (Å²) in [6.45, 7) is 1.15. The molecular weight excluding hydrogens is 502 g/mol. The van der Waals surface area contributed by atoms with Gasteiger partial charge in [0, 0.05) is 29.7 Å². The lowest BCUT2D eigenvalue weighted by Gasteiger charge is -2.18. The van der Waals surface area contributed by atoms with Gasteiger partial charge in [0.1, 0.15) is 23.8 Å². The molecule has 2 atom stereocenters. The molecule has 196 valence electrons. The highest BCUT2D eigenvalue weighted by atomic mass is 19.1. The van der Waals surface area contributed by atoms with Crippen molar-refractivity contribution in [2.75, 3.05) is 29.4 Å². The maximum absolute atomic E-state index is 15.1. The Morgan fingerprint density at radius 3 is 2.00 bits per heavy atom. The van der Waals surface area contributed by atoms with Crippen LogP contribution >= 0.6 is 0 Å². The summed E-state index contributed by atoms with van der Waals surface area (Å²) >= 11 is 0. The predicted octanol–water partition coefficient (Wildman–Crippen LogP) is 2.37. The van der Waals surface area contributed by atoms with Crippen molar-refractivity contribution in [2.45, 2.75) is 18.8 Å². The molecule has 0 spiro atoms. The van der Waals surface area contributed by atoms with E-state index in [-0.39, 0.29) is 29.9 Å². The number of hydrogen-bond acceptors (Lipinski definition) is 9. The second kappa shape index (κ2) is 9.63. The van der Waals surface area contributed by atoms with Crippen LogP contribution < -0.4 is 20.8 Å². The minimum Gasteiger partial charge on any atom is -0.442 e. The molecular formula is C24H22F2N8O4. The number of aromatic nitrogens is 3. The van der Waals surface area contributed by atoms with Crippen LogP contribution in [0.5, 0.6) is 0 Å². The van der Waals surface area contributed by atoms with Gasteiger partial charge in [-0.2, -0.15) is 0 Å². The molecule has 2 aromatic carbocycles. The highest BCUT2D eigenvalue weighted by molar-refractivity contribution is 5.91. The first kappa shape index (κ1) is 23.7. The van der Waals surface area contributed by atoms with Crippen LogP contribution in [0.25, 0.3) is 11.1 Å². The number of cyclic esters (lactones) is 2. The Morgan fingerprint density at radius 2 is 1.50 bits per heavy atom. The van der Waals surface area contributed by atoms with E-state index in [9.17, 15) is 9.59 Å². The lowest BCUT2D eigenvalue weighted by molar-refractivity contribution is 0.109. The van der Waals surface area contributed by atoms with Crippen molar-refractivity contribution >= 4 is 23.6 Å². The van der Waals surface area contributed by atoms with E-state index in [1.54, 1.807) is 28.3 Å². The number of rotatable bonds is 7. The van der Waals surface area contributed by atoms with E-state index in [2.05, 4.69) is 21.3 Å². The Morgan fingerprint density at radius 1 is 0.895 bits per heavy atom. The van der Waals surface area contributed by atoms with Gasteiger partial charge in [0.05, 0.1) is 43.8 Å². The first-order valence-corrected chi connectivity index (χ1v) is 11.8. The molecule has 6 rings (SSSR count). The zero-order chi connectivity index (χ0) is 26.2. The molecule has 2 fully saturated rings. The quantitative estimate of drug-likeness (QED) is 0.480. The van der Waals surface area contributed by atoms with Gasteiger partial charge in [0.25, 0.3) is 0 Å². The molecule has 0 aliphatic carbocycles. The third-order valence-electron chi connectivity index (χ3n) is 6.38. The second-order valence-electron chi connectivity index (χ2n) is 8.91. The Kier molecular flexibility index (Phi) is 5.99. The van der Waals surface area contributed by atoms with Gasteiger partial charge in [-0.15, -0.1) is 10.6 Å². The number of benzene rings is 2. The number of nitrogens with one attached hydrogen (secondary N) is 2. The van der Waals surface area contributed by atoms with Crippen LogP contribution in [0.4, 0.5) is 29.7 Å². The van der Waals surface area contributed by atoms with Crippen LogP contribution in [0, 0.1) is 11.6 Å². The molecule has 3 aromatic rings. The minimum absolute atomic E-state index is 0.0193. The molecule has 1 aromatic heterocycles. The summed E-state index contributed by atoms with van der Waals surface area (Å²) < 4.78 is 42.5. The van der Waals surface area contributed by atoms with Crippen molar-refractivity contribution in [1.82, 2.24) is 31.0 Å². The highest BCUT2D eigenvalue weighted by Gasteiger charge is 2.35. The SMILES string of the molecule is O=C1OC(CN2C=CNN2)CN1c1ccc(-c2ccc(N3CC(Cn4ccnn4)OC3=O)cc2F)c(F)c1. The fourth-order valence-electron chi connectivity index (χ4n) is 4.58. The molecule has 12 nitrogen and oxygen atoms in total. The Bertz CT molecular complexity index is 1400. The van der Waals surface area contributed by atoms with Crippen LogP contribution in [0.1, 0.15) is 0 Å². The third kappa shape index (κ3) is 4.56. The number of hydrogen-bond donors (Lipinski definition) is 2. The molecule has 4 heterocycles. The van der Waals surface area contributed by atoms with Crippen molar-refractivity contribution in [2.24, 2.45) is 0 Å². The third-order valence-corrected chi connectivity index (χ3v) is 6.38. The Balaban J connectivity index is 1.15. The summed E-state index contributed by atoms with van der Waals surface area (Å²) in [5.74, 6) is -1.41. The number of carbonyl (C=O) groups is 2. The fraction of sp³-hybridized carbons (Fsp3) is 0.250. The summed E-state index contributed by atoms with van der Waals surface area (Å²) in [5.41, 5.74) is 6.29.